The number of hydrogen-bond acceptors (Lipinski definition) is 6. The molecule has 0 radical (unpaired) electrons. The van der Waals surface area contributed by atoms with E-state index in [1.165, 1.54) is 19.3 Å². The van der Waals surface area contributed by atoms with Crippen LogP contribution in [0.3, 0.4) is 0 Å². The summed E-state index contributed by atoms with van der Waals surface area (Å²) in [5.74, 6) is 0.799. The monoisotopic (exact) mass is 305 g/mol. The fourth-order valence-corrected chi connectivity index (χ4v) is 3.06. The number of nitrogens with one attached hydrogen (secondary N) is 1. The molecule has 1 atom stereocenters. The number of aliphatic carboxylic acids is 1. The maximum Gasteiger partial charge on any atom is 0.322 e. The second-order valence-electron chi connectivity index (χ2n) is 6.01. The van der Waals surface area contributed by atoms with Crippen molar-refractivity contribution in [2.24, 2.45) is 0 Å². The number of piperidine rings is 1. The summed E-state index contributed by atoms with van der Waals surface area (Å²) in [4.78, 5) is 24.7. The summed E-state index contributed by atoms with van der Waals surface area (Å²) in [5.41, 5.74) is 0.927. The number of piperazine rings is 1. The highest BCUT2D eigenvalue weighted by Crippen LogP contribution is 2.21. The van der Waals surface area contributed by atoms with Crippen LogP contribution in [-0.4, -0.2) is 59.8 Å². The first-order valence-electron chi connectivity index (χ1n) is 7.95. The molecule has 0 aliphatic carbocycles. The standard InChI is InChI=1S/C15H23N5O2/c1-11-9-13(20-8-5-16-12(10-20)14(21)22)18-15(17-11)19-6-3-2-4-7-19/h9,12,16H,2-8,10H2,1H3,(H,21,22)/t12-/m1/s1. The summed E-state index contributed by atoms with van der Waals surface area (Å²) in [6.07, 6.45) is 3.63. The van der Waals surface area contributed by atoms with Crippen LogP contribution in [0.1, 0.15) is 25.0 Å². The number of rotatable bonds is 3. The first kappa shape index (κ1) is 15.0. The lowest BCUT2D eigenvalue weighted by Gasteiger charge is -2.33. The number of aromatic nitrogens is 2. The largest absolute Gasteiger partial charge is 0.480 e. The van der Waals surface area contributed by atoms with E-state index in [4.69, 9.17) is 4.98 Å². The van der Waals surface area contributed by atoms with Crippen molar-refractivity contribution in [3.63, 3.8) is 0 Å². The van der Waals surface area contributed by atoms with E-state index >= 15 is 0 Å². The molecule has 0 aromatic carbocycles. The minimum atomic E-state index is -0.813. The number of anilines is 2. The Morgan fingerprint density at radius 1 is 1.23 bits per heavy atom. The Kier molecular flexibility index (Phi) is 4.42. The van der Waals surface area contributed by atoms with Crippen molar-refractivity contribution in [1.29, 1.82) is 0 Å². The highest BCUT2D eigenvalue weighted by molar-refractivity contribution is 5.74. The number of hydrogen-bond donors (Lipinski definition) is 2. The Hall–Kier alpha value is -1.89. The van der Waals surface area contributed by atoms with Crippen molar-refractivity contribution in [3.8, 4) is 0 Å². The predicted molar refractivity (Wildman–Crippen MR) is 84.5 cm³/mol. The molecule has 1 aromatic rings. The lowest BCUT2D eigenvalue weighted by Crippen LogP contribution is -2.54. The molecule has 2 fully saturated rings. The van der Waals surface area contributed by atoms with E-state index in [1.807, 2.05) is 17.9 Å². The van der Waals surface area contributed by atoms with Crippen LogP contribution in [0.4, 0.5) is 11.8 Å². The van der Waals surface area contributed by atoms with Crippen LogP contribution in [0.5, 0.6) is 0 Å². The molecule has 120 valence electrons. The minimum Gasteiger partial charge on any atom is -0.480 e. The van der Waals surface area contributed by atoms with Gasteiger partial charge in [-0.25, -0.2) is 4.98 Å². The topological polar surface area (TPSA) is 81.6 Å². The van der Waals surface area contributed by atoms with Crippen molar-refractivity contribution in [2.75, 3.05) is 42.5 Å². The SMILES string of the molecule is Cc1cc(N2CCN[C@@H](C(=O)O)C2)nc(N2CCCCC2)n1. The quantitative estimate of drug-likeness (QED) is 0.848. The van der Waals surface area contributed by atoms with Crippen molar-refractivity contribution in [1.82, 2.24) is 15.3 Å². The van der Waals surface area contributed by atoms with Gasteiger partial charge in [0.05, 0.1) is 0 Å². The molecule has 7 nitrogen and oxygen atoms in total. The van der Waals surface area contributed by atoms with Crippen molar-refractivity contribution in [3.05, 3.63) is 11.8 Å². The summed E-state index contributed by atoms with van der Waals surface area (Å²) in [6, 6.07) is 1.40. The summed E-state index contributed by atoms with van der Waals surface area (Å²) in [5, 5.41) is 12.2. The molecular weight excluding hydrogens is 282 g/mol. The van der Waals surface area contributed by atoms with Crippen LogP contribution in [0, 0.1) is 6.92 Å². The van der Waals surface area contributed by atoms with Gasteiger partial charge in [0.25, 0.3) is 0 Å². The first-order valence-corrected chi connectivity index (χ1v) is 7.95. The van der Waals surface area contributed by atoms with Gasteiger partial charge in [-0.15, -0.1) is 0 Å². The molecular formula is C15H23N5O2. The van der Waals surface area contributed by atoms with Crippen molar-refractivity contribution >= 4 is 17.7 Å². The van der Waals surface area contributed by atoms with Gasteiger partial charge in [-0.05, 0) is 26.2 Å². The maximum absolute atomic E-state index is 11.2. The van der Waals surface area contributed by atoms with Gasteiger partial charge < -0.3 is 20.2 Å². The summed E-state index contributed by atoms with van der Waals surface area (Å²) in [6.45, 7) is 5.82. The Balaban J connectivity index is 1.80. The van der Waals surface area contributed by atoms with Gasteiger partial charge in [-0.2, -0.15) is 4.98 Å². The van der Waals surface area contributed by atoms with E-state index in [1.54, 1.807) is 0 Å². The molecule has 2 aliphatic heterocycles. The Bertz CT molecular complexity index is 545. The third kappa shape index (κ3) is 3.30. The molecule has 3 rings (SSSR count). The maximum atomic E-state index is 11.2. The number of carboxylic acid groups (broad SMARTS) is 1. The average molecular weight is 305 g/mol. The van der Waals surface area contributed by atoms with E-state index in [9.17, 15) is 9.90 Å². The fourth-order valence-electron chi connectivity index (χ4n) is 3.06. The molecule has 2 aliphatic rings. The zero-order valence-electron chi connectivity index (χ0n) is 13.0. The number of nitrogens with zero attached hydrogens (tertiary/aromatic N) is 4. The zero-order valence-corrected chi connectivity index (χ0v) is 13.0. The fraction of sp³-hybridized carbons (Fsp3) is 0.667. The Morgan fingerprint density at radius 2 is 2.00 bits per heavy atom. The first-order chi connectivity index (χ1) is 10.6. The molecule has 7 heteroatoms. The van der Waals surface area contributed by atoms with Gasteiger partial charge in [-0.1, -0.05) is 0 Å². The molecule has 0 saturated carbocycles. The third-order valence-corrected chi connectivity index (χ3v) is 4.27. The van der Waals surface area contributed by atoms with E-state index in [2.05, 4.69) is 15.2 Å². The van der Waals surface area contributed by atoms with E-state index in [0.717, 1.165) is 37.1 Å². The Labute approximate surface area is 130 Å². The lowest BCUT2D eigenvalue weighted by atomic mass is 10.1. The zero-order chi connectivity index (χ0) is 15.5. The van der Waals surface area contributed by atoms with Crippen molar-refractivity contribution in [2.45, 2.75) is 32.2 Å². The average Bonchev–Trinajstić information content (AvgIpc) is 2.55. The van der Waals surface area contributed by atoms with Gasteiger partial charge in [0, 0.05) is 44.5 Å². The molecule has 0 spiro atoms. The van der Waals surface area contributed by atoms with Crippen molar-refractivity contribution < 1.29 is 9.90 Å². The predicted octanol–water partition coefficient (Wildman–Crippen LogP) is 0.638. The van der Waals surface area contributed by atoms with E-state index in [-0.39, 0.29) is 0 Å². The number of carboxylic acids is 1. The normalized spacial score (nSPS) is 22.7. The number of carbonyl (C=O) groups is 1. The summed E-state index contributed by atoms with van der Waals surface area (Å²) in [7, 11) is 0. The summed E-state index contributed by atoms with van der Waals surface area (Å²) >= 11 is 0. The highest BCUT2D eigenvalue weighted by atomic mass is 16.4. The molecule has 2 N–H and O–H groups in total. The second-order valence-corrected chi connectivity index (χ2v) is 6.01. The molecule has 2 saturated heterocycles. The van der Waals surface area contributed by atoms with Crippen LogP contribution < -0.4 is 15.1 Å². The van der Waals surface area contributed by atoms with Gasteiger partial charge in [0.15, 0.2) is 0 Å². The second kappa shape index (κ2) is 6.48. The van der Waals surface area contributed by atoms with Gasteiger partial charge in [-0.3, -0.25) is 4.79 Å². The van der Waals surface area contributed by atoms with E-state index in [0.29, 0.717) is 13.1 Å². The molecule has 0 unspecified atom stereocenters. The Morgan fingerprint density at radius 3 is 2.73 bits per heavy atom. The minimum absolute atomic E-state index is 0.436. The van der Waals surface area contributed by atoms with E-state index < -0.39 is 12.0 Å². The van der Waals surface area contributed by atoms with Gasteiger partial charge in [0.1, 0.15) is 11.9 Å². The molecule has 0 bridgehead atoms. The van der Waals surface area contributed by atoms with Gasteiger partial charge in [0.2, 0.25) is 5.95 Å². The molecule has 1 aromatic heterocycles. The lowest BCUT2D eigenvalue weighted by molar-refractivity contribution is -0.139. The highest BCUT2D eigenvalue weighted by Gasteiger charge is 2.26. The van der Waals surface area contributed by atoms with Crippen LogP contribution in [0.2, 0.25) is 0 Å². The molecule has 3 heterocycles. The van der Waals surface area contributed by atoms with Crippen LogP contribution in [0.25, 0.3) is 0 Å². The third-order valence-electron chi connectivity index (χ3n) is 4.27. The van der Waals surface area contributed by atoms with Crippen LogP contribution in [0.15, 0.2) is 6.07 Å². The van der Waals surface area contributed by atoms with Crippen LogP contribution >= 0.6 is 0 Å². The van der Waals surface area contributed by atoms with Gasteiger partial charge >= 0.3 is 5.97 Å². The van der Waals surface area contributed by atoms with Crippen LogP contribution in [-0.2, 0) is 4.79 Å². The summed E-state index contributed by atoms with van der Waals surface area (Å²) < 4.78 is 0. The number of aryl methyl sites for hydroxylation is 1. The molecule has 0 amide bonds. The molecule has 22 heavy (non-hydrogen) atoms. The smallest absolute Gasteiger partial charge is 0.322 e.